The van der Waals surface area contributed by atoms with Crippen molar-refractivity contribution < 1.29 is 4.42 Å². The Labute approximate surface area is 370 Å². The Balaban J connectivity index is 0.944. The molecule has 0 N–H and O–H groups in total. The van der Waals surface area contributed by atoms with Gasteiger partial charge in [0.15, 0.2) is 0 Å². The molecule has 0 radical (unpaired) electrons. The van der Waals surface area contributed by atoms with Gasteiger partial charge in [-0.25, -0.2) is 0 Å². The van der Waals surface area contributed by atoms with Crippen LogP contribution in [0.4, 0.5) is 17.1 Å². The third-order valence-corrected chi connectivity index (χ3v) is 13.2. The maximum atomic E-state index is 6.58. The van der Waals surface area contributed by atoms with Crippen LogP contribution in [-0.4, -0.2) is 0 Å². The van der Waals surface area contributed by atoms with Crippen molar-refractivity contribution in [1.29, 1.82) is 0 Å². The normalized spacial score (nSPS) is 11.8. The fourth-order valence-corrected chi connectivity index (χ4v) is 10.2. The Hall–Kier alpha value is -8.46. The van der Waals surface area contributed by atoms with Crippen molar-refractivity contribution in [2.24, 2.45) is 0 Å². The van der Waals surface area contributed by atoms with Crippen LogP contribution in [0, 0.1) is 0 Å². The lowest BCUT2D eigenvalue weighted by Gasteiger charge is -2.26. The van der Waals surface area contributed by atoms with Gasteiger partial charge in [-0.15, -0.1) is 0 Å². The van der Waals surface area contributed by atoms with Crippen LogP contribution in [0.15, 0.2) is 241 Å². The highest BCUT2D eigenvalue weighted by molar-refractivity contribution is 6.19. The molecule has 0 atom stereocenters. The van der Waals surface area contributed by atoms with Gasteiger partial charge in [-0.2, -0.15) is 0 Å². The second-order valence-electron chi connectivity index (χ2n) is 16.8. The standard InChI is InChI=1S/C62H39NO/c1-4-16-49-40(11-1)29-36-57-51(19-8-22-55(49)57)43-25-32-46(33-26-43)63(48-15-7-14-45(39-48)52-20-9-23-56-50-17-5-2-12-41(50)30-37-58(52)56)47-34-27-44(28-35-47)53-21-10-24-60-61(53)59-38-31-42-13-3-6-18-54(42)62(59)64-60/h1-39H. The van der Waals surface area contributed by atoms with Gasteiger partial charge < -0.3 is 9.32 Å². The maximum absolute atomic E-state index is 6.58. The molecule has 0 fully saturated rings. The lowest BCUT2D eigenvalue weighted by Crippen LogP contribution is -2.10. The van der Waals surface area contributed by atoms with Crippen LogP contribution in [-0.2, 0) is 0 Å². The molecule has 13 rings (SSSR count). The largest absolute Gasteiger partial charge is 0.455 e. The number of hydrogen-bond donors (Lipinski definition) is 0. The van der Waals surface area contributed by atoms with Crippen molar-refractivity contribution >= 4 is 92.9 Å². The van der Waals surface area contributed by atoms with Crippen LogP contribution < -0.4 is 4.90 Å². The van der Waals surface area contributed by atoms with Crippen LogP contribution in [0.2, 0.25) is 0 Å². The van der Waals surface area contributed by atoms with Gasteiger partial charge in [0.2, 0.25) is 0 Å². The zero-order valence-corrected chi connectivity index (χ0v) is 34.9. The first-order valence-electron chi connectivity index (χ1n) is 22.0. The molecular formula is C62H39NO. The smallest absolute Gasteiger partial charge is 0.143 e. The number of rotatable bonds is 6. The van der Waals surface area contributed by atoms with Gasteiger partial charge in [-0.1, -0.05) is 188 Å². The highest BCUT2D eigenvalue weighted by Crippen LogP contribution is 2.43. The van der Waals surface area contributed by atoms with Gasteiger partial charge in [-0.05, 0) is 130 Å². The van der Waals surface area contributed by atoms with Crippen LogP contribution in [0.25, 0.3) is 109 Å². The van der Waals surface area contributed by atoms with E-state index in [0.29, 0.717) is 0 Å². The Bertz CT molecular complexity index is 3950. The number of fused-ring (bicyclic) bond motifs is 11. The van der Waals surface area contributed by atoms with E-state index in [2.05, 4.69) is 241 Å². The molecule has 0 aliphatic heterocycles. The molecule has 0 amide bonds. The molecule has 0 spiro atoms. The number of hydrogen-bond acceptors (Lipinski definition) is 2. The summed E-state index contributed by atoms with van der Waals surface area (Å²) in [6.07, 6.45) is 0. The molecule has 0 aliphatic rings. The maximum Gasteiger partial charge on any atom is 0.143 e. The quantitative estimate of drug-likeness (QED) is 0.156. The minimum atomic E-state index is 0.896. The third kappa shape index (κ3) is 5.81. The summed E-state index contributed by atoms with van der Waals surface area (Å²) in [4.78, 5) is 2.38. The molecule has 12 aromatic carbocycles. The van der Waals surface area contributed by atoms with Crippen molar-refractivity contribution in [2.75, 3.05) is 4.90 Å². The van der Waals surface area contributed by atoms with E-state index >= 15 is 0 Å². The second-order valence-corrected chi connectivity index (χ2v) is 16.8. The van der Waals surface area contributed by atoms with E-state index in [-0.39, 0.29) is 0 Å². The minimum Gasteiger partial charge on any atom is -0.455 e. The Morgan fingerprint density at radius 3 is 1.36 bits per heavy atom. The van der Waals surface area contributed by atoms with Crippen molar-refractivity contribution in [3.8, 4) is 33.4 Å². The van der Waals surface area contributed by atoms with Crippen molar-refractivity contribution in [2.45, 2.75) is 0 Å². The van der Waals surface area contributed by atoms with Crippen LogP contribution in [0.3, 0.4) is 0 Å². The SMILES string of the molecule is c1cc(-c2cccc3c2ccc2ccccc23)cc(N(c2ccc(-c3cccc4c3ccc3ccccc34)cc2)c2ccc(-c3cccc4oc5c6ccccc6ccc5c34)cc2)c1. The van der Waals surface area contributed by atoms with E-state index in [9.17, 15) is 0 Å². The van der Waals surface area contributed by atoms with E-state index in [1.807, 2.05) is 0 Å². The molecule has 0 unspecified atom stereocenters. The Morgan fingerprint density at radius 1 is 0.266 bits per heavy atom. The molecule has 2 heteroatoms. The fourth-order valence-electron chi connectivity index (χ4n) is 10.2. The molecule has 64 heavy (non-hydrogen) atoms. The average Bonchev–Trinajstić information content (AvgIpc) is 3.76. The summed E-state index contributed by atoms with van der Waals surface area (Å²) in [7, 11) is 0. The first-order chi connectivity index (χ1) is 31.7. The van der Waals surface area contributed by atoms with Crippen LogP contribution >= 0.6 is 0 Å². The summed E-state index contributed by atoms with van der Waals surface area (Å²) >= 11 is 0. The van der Waals surface area contributed by atoms with Crippen LogP contribution in [0.5, 0.6) is 0 Å². The molecule has 1 heterocycles. The molecule has 2 nitrogen and oxygen atoms in total. The number of nitrogens with zero attached hydrogens (tertiary/aromatic N) is 1. The second kappa shape index (κ2) is 14.6. The molecule has 0 bridgehead atoms. The van der Waals surface area contributed by atoms with Crippen molar-refractivity contribution in [3.05, 3.63) is 237 Å². The predicted octanol–water partition coefficient (Wildman–Crippen LogP) is 17.8. The zero-order chi connectivity index (χ0) is 42.1. The zero-order valence-electron chi connectivity index (χ0n) is 34.9. The highest BCUT2D eigenvalue weighted by atomic mass is 16.3. The molecule has 0 saturated heterocycles. The Kier molecular flexibility index (Phi) is 8.25. The van der Waals surface area contributed by atoms with Gasteiger partial charge >= 0.3 is 0 Å². The summed E-state index contributed by atoms with van der Waals surface area (Å²) in [5.74, 6) is 0. The molecular weight excluding hydrogens is 775 g/mol. The predicted molar refractivity (Wildman–Crippen MR) is 272 cm³/mol. The number of anilines is 3. The molecule has 13 aromatic rings. The van der Waals surface area contributed by atoms with E-state index < -0.39 is 0 Å². The first kappa shape index (κ1) is 36.2. The summed E-state index contributed by atoms with van der Waals surface area (Å²) in [5.41, 5.74) is 12.2. The van der Waals surface area contributed by atoms with E-state index in [1.165, 1.54) is 70.7 Å². The molecule has 1 aromatic heterocycles. The van der Waals surface area contributed by atoms with E-state index in [1.54, 1.807) is 0 Å². The summed E-state index contributed by atoms with van der Waals surface area (Å²) in [6, 6.07) is 86.0. The molecule has 0 saturated carbocycles. The number of furan rings is 1. The van der Waals surface area contributed by atoms with Crippen molar-refractivity contribution in [1.82, 2.24) is 0 Å². The van der Waals surface area contributed by atoms with Gasteiger partial charge in [0.1, 0.15) is 11.2 Å². The lowest BCUT2D eigenvalue weighted by molar-refractivity contribution is 0.673. The topological polar surface area (TPSA) is 16.4 Å². The fraction of sp³-hybridized carbons (Fsp3) is 0. The average molecular weight is 814 g/mol. The van der Waals surface area contributed by atoms with Gasteiger partial charge in [0.25, 0.3) is 0 Å². The third-order valence-electron chi connectivity index (χ3n) is 13.2. The van der Waals surface area contributed by atoms with Crippen LogP contribution in [0.1, 0.15) is 0 Å². The number of benzene rings is 12. The van der Waals surface area contributed by atoms with E-state index in [4.69, 9.17) is 4.42 Å². The summed E-state index contributed by atoms with van der Waals surface area (Å²) in [6.45, 7) is 0. The monoisotopic (exact) mass is 813 g/mol. The highest BCUT2D eigenvalue weighted by Gasteiger charge is 2.18. The van der Waals surface area contributed by atoms with Gasteiger partial charge in [-0.3, -0.25) is 0 Å². The lowest BCUT2D eigenvalue weighted by atomic mass is 9.94. The summed E-state index contributed by atoms with van der Waals surface area (Å²) < 4.78 is 6.58. The van der Waals surface area contributed by atoms with E-state index in [0.717, 1.165) is 55.5 Å². The minimum absolute atomic E-state index is 0.896. The summed E-state index contributed by atoms with van der Waals surface area (Å²) in [5, 5.41) is 14.7. The van der Waals surface area contributed by atoms with Gasteiger partial charge in [0, 0.05) is 33.2 Å². The van der Waals surface area contributed by atoms with Crippen molar-refractivity contribution in [3.63, 3.8) is 0 Å². The molecule has 0 aliphatic carbocycles. The molecule has 298 valence electrons. The van der Waals surface area contributed by atoms with Gasteiger partial charge in [0.05, 0.1) is 0 Å². The Morgan fingerprint density at radius 2 is 0.734 bits per heavy atom. The first-order valence-corrected chi connectivity index (χ1v) is 22.0.